The zero-order valence-electron chi connectivity index (χ0n) is 13.6. The van der Waals surface area contributed by atoms with Crippen LogP contribution in [0, 0.1) is 5.82 Å². The number of halogens is 1. The molecule has 0 saturated heterocycles. The average Bonchev–Trinajstić information content (AvgIpc) is 2.61. The first-order chi connectivity index (χ1) is 11.7. The summed E-state index contributed by atoms with van der Waals surface area (Å²) in [5.41, 5.74) is 2.82. The number of carbonyl (C=O) groups excluding carboxylic acids is 1. The Balaban J connectivity index is 1.42. The normalized spacial score (nSPS) is 16.5. The van der Waals surface area contributed by atoms with Crippen LogP contribution < -0.4 is 5.32 Å². The van der Waals surface area contributed by atoms with E-state index in [1.807, 2.05) is 0 Å². The van der Waals surface area contributed by atoms with E-state index in [0.717, 1.165) is 24.3 Å². The molecule has 0 bridgehead atoms. The smallest absolute Gasteiger partial charge is 0.220 e. The number of hydrogen-bond acceptors (Lipinski definition) is 2. The van der Waals surface area contributed by atoms with Gasteiger partial charge in [-0.2, -0.15) is 0 Å². The summed E-state index contributed by atoms with van der Waals surface area (Å²) in [4.78, 5) is 13.0. The van der Waals surface area contributed by atoms with Gasteiger partial charge in [0.15, 0.2) is 0 Å². The molecule has 1 aliphatic rings. The number of amides is 1. The number of carbonyl (C=O) groups is 1. The van der Waals surface area contributed by atoms with E-state index >= 15 is 0 Å². The predicted molar refractivity (Wildman–Crippen MR) is 96.9 cm³/mol. The van der Waals surface area contributed by atoms with Gasteiger partial charge in [0.05, 0.1) is 0 Å². The quantitative estimate of drug-likeness (QED) is 0.780. The Morgan fingerprint density at radius 2 is 1.96 bits per heavy atom. The lowest BCUT2D eigenvalue weighted by atomic mass is 9.83. The summed E-state index contributed by atoms with van der Waals surface area (Å²) < 4.78 is 12.8. The number of aryl methyl sites for hydroxylation is 1. The van der Waals surface area contributed by atoms with E-state index in [0.29, 0.717) is 18.1 Å². The number of benzene rings is 2. The van der Waals surface area contributed by atoms with Gasteiger partial charge in [0, 0.05) is 29.5 Å². The number of rotatable bonds is 6. The van der Waals surface area contributed by atoms with Crippen LogP contribution in [0.1, 0.15) is 36.3 Å². The molecular formula is C20H22FNOS. The highest BCUT2D eigenvalue weighted by Crippen LogP contribution is 2.30. The van der Waals surface area contributed by atoms with Crippen LogP contribution in [0.5, 0.6) is 0 Å². The molecule has 0 radical (unpaired) electrons. The second-order valence-electron chi connectivity index (χ2n) is 6.14. The molecule has 0 saturated carbocycles. The molecule has 4 heteroatoms. The van der Waals surface area contributed by atoms with Crippen molar-refractivity contribution in [2.24, 2.45) is 0 Å². The summed E-state index contributed by atoms with van der Waals surface area (Å²) in [5.74, 6) is 1.000. The Kier molecular flexibility index (Phi) is 5.91. The minimum absolute atomic E-state index is 0.0904. The van der Waals surface area contributed by atoms with Gasteiger partial charge >= 0.3 is 0 Å². The minimum Gasteiger partial charge on any atom is -0.355 e. The molecule has 1 amide bonds. The first-order valence-corrected chi connectivity index (χ1v) is 9.44. The van der Waals surface area contributed by atoms with Gasteiger partial charge in [0.1, 0.15) is 5.82 Å². The Hall–Kier alpha value is -1.81. The fourth-order valence-corrected chi connectivity index (χ4v) is 4.04. The van der Waals surface area contributed by atoms with Crippen LogP contribution in [-0.4, -0.2) is 18.2 Å². The highest BCUT2D eigenvalue weighted by molar-refractivity contribution is 7.99. The summed E-state index contributed by atoms with van der Waals surface area (Å²) >= 11 is 1.58. The van der Waals surface area contributed by atoms with Crippen molar-refractivity contribution in [1.82, 2.24) is 5.32 Å². The lowest BCUT2D eigenvalue weighted by Gasteiger charge is -2.25. The molecule has 0 aromatic heterocycles. The Morgan fingerprint density at radius 3 is 2.79 bits per heavy atom. The third-order valence-electron chi connectivity index (χ3n) is 4.45. The molecule has 1 unspecified atom stereocenters. The van der Waals surface area contributed by atoms with E-state index in [1.54, 1.807) is 23.9 Å². The minimum atomic E-state index is -0.232. The summed E-state index contributed by atoms with van der Waals surface area (Å²) in [6.07, 6.45) is 3.96. The van der Waals surface area contributed by atoms with Crippen molar-refractivity contribution in [3.63, 3.8) is 0 Å². The van der Waals surface area contributed by atoms with Crippen LogP contribution in [-0.2, 0) is 11.2 Å². The van der Waals surface area contributed by atoms with Crippen LogP contribution in [0.2, 0.25) is 0 Å². The van der Waals surface area contributed by atoms with E-state index in [9.17, 15) is 9.18 Å². The Labute approximate surface area is 146 Å². The van der Waals surface area contributed by atoms with E-state index in [-0.39, 0.29) is 11.7 Å². The number of hydrogen-bond donors (Lipinski definition) is 1. The van der Waals surface area contributed by atoms with Crippen molar-refractivity contribution in [2.75, 3.05) is 12.3 Å². The van der Waals surface area contributed by atoms with E-state index in [1.165, 1.54) is 29.7 Å². The second-order valence-corrected chi connectivity index (χ2v) is 7.31. The van der Waals surface area contributed by atoms with E-state index in [2.05, 4.69) is 29.6 Å². The van der Waals surface area contributed by atoms with E-state index < -0.39 is 0 Å². The van der Waals surface area contributed by atoms with Crippen molar-refractivity contribution in [1.29, 1.82) is 0 Å². The van der Waals surface area contributed by atoms with Gasteiger partial charge in [-0.25, -0.2) is 4.39 Å². The number of fused-ring (bicyclic) bond motifs is 1. The highest BCUT2D eigenvalue weighted by atomic mass is 32.2. The molecule has 2 nitrogen and oxygen atoms in total. The average molecular weight is 343 g/mol. The van der Waals surface area contributed by atoms with Crippen LogP contribution >= 0.6 is 11.8 Å². The van der Waals surface area contributed by atoms with Gasteiger partial charge < -0.3 is 5.32 Å². The maximum atomic E-state index is 12.8. The molecule has 1 aliphatic carbocycles. The van der Waals surface area contributed by atoms with Gasteiger partial charge in [-0.15, -0.1) is 11.8 Å². The summed E-state index contributed by atoms with van der Waals surface area (Å²) in [5, 5.41) is 3.08. The predicted octanol–water partition coefficient (Wildman–Crippen LogP) is 4.54. The Bertz CT molecular complexity index is 686. The first kappa shape index (κ1) is 17.0. The van der Waals surface area contributed by atoms with Crippen LogP contribution in [0.25, 0.3) is 0 Å². The first-order valence-electron chi connectivity index (χ1n) is 8.45. The van der Waals surface area contributed by atoms with Crippen molar-refractivity contribution >= 4 is 17.7 Å². The number of thioether (sulfide) groups is 1. The molecule has 126 valence electrons. The standard InChI is InChI=1S/C20H22FNOS/c21-17-8-10-18(11-9-17)24-13-12-20(23)22-14-16-6-3-5-15-4-1-2-7-19(15)16/h1-2,4,7-11,16H,3,5-6,12-14H2,(H,22,23). The molecule has 24 heavy (non-hydrogen) atoms. The molecule has 0 fully saturated rings. The number of nitrogens with one attached hydrogen (secondary N) is 1. The van der Waals surface area contributed by atoms with Crippen molar-refractivity contribution in [3.05, 3.63) is 65.5 Å². The van der Waals surface area contributed by atoms with Crippen LogP contribution in [0.15, 0.2) is 53.4 Å². The molecule has 3 rings (SSSR count). The fraction of sp³-hybridized carbons (Fsp3) is 0.350. The Morgan fingerprint density at radius 1 is 1.17 bits per heavy atom. The second kappa shape index (κ2) is 8.34. The van der Waals surface area contributed by atoms with Gasteiger partial charge in [-0.1, -0.05) is 24.3 Å². The molecule has 1 atom stereocenters. The van der Waals surface area contributed by atoms with Crippen LogP contribution in [0.3, 0.4) is 0 Å². The van der Waals surface area contributed by atoms with Gasteiger partial charge in [0.25, 0.3) is 0 Å². The molecule has 1 N–H and O–H groups in total. The molecule has 0 spiro atoms. The third kappa shape index (κ3) is 4.60. The zero-order chi connectivity index (χ0) is 16.8. The van der Waals surface area contributed by atoms with Gasteiger partial charge in [-0.3, -0.25) is 4.79 Å². The SMILES string of the molecule is O=C(CCSc1ccc(F)cc1)NCC1CCCc2ccccc21. The molecule has 2 aromatic rings. The fourth-order valence-electron chi connectivity index (χ4n) is 3.18. The largest absolute Gasteiger partial charge is 0.355 e. The molecule has 0 heterocycles. The van der Waals surface area contributed by atoms with Crippen molar-refractivity contribution in [3.8, 4) is 0 Å². The zero-order valence-corrected chi connectivity index (χ0v) is 14.4. The van der Waals surface area contributed by atoms with Gasteiger partial charge in [-0.05, 0) is 54.7 Å². The molecule has 0 aliphatic heterocycles. The topological polar surface area (TPSA) is 29.1 Å². The van der Waals surface area contributed by atoms with Crippen molar-refractivity contribution in [2.45, 2.75) is 36.5 Å². The summed E-state index contributed by atoms with van der Waals surface area (Å²) in [7, 11) is 0. The summed E-state index contributed by atoms with van der Waals surface area (Å²) in [6.45, 7) is 0.719. The van der Waals surface area contributed by atoms with Gasteiger partial charge in [0.2, 0.25) is 5.91 Å². The lowest BCUT2D eigenvalue weighted by Crippen LogP contribution is -2.30. The van der Waals surface area contributed by atoms with Crippen LogP contribution in [0.4, 0.5) is 4.39 Å². The molecular weight excluding hydrogens is 321 g/mol. The summed E-state index contributed by atoms with van der Waals surface area (Å²) in [6, 6.07) is 14.9. The maximum absolute atomic E-state index is 12.8. The molecule has 2 aromatic carbocycles. The maximum Gasteiger partial charge on any atom is 0.220 e. The van der Waals surface area contributed by atoms with E-state index in [4.69, 9.17) is 0 Å². The monoisotopic (exact) mass is 343 g/mol. The highest BCUT2D eigenvalue weighted by Gasteiger charge is 2.19. The lowest BCUT2D eigenvalue weighted by molar-refractivity contribution is -0.120. The third-order valence-corrected chi connectivity index (χ3v) is 5.46. The van der Waals surface area contributed by atoms with Crippen molar-refractivity contribution < 1.29 is 9.18 Å².